The van der Waals surface area contributed by atoms with Crippen LogP contribution in [0.1, 0.15) is 12.5 Å². The zero-order valence-electron chi connectivity index (χ0n) is 10.9. The summed E-state index contributed by atoms with van der Waals surface area (Å²) in [6.45, 7) is 1.77. The molecule has 1 unspecified atom stereocenters. The number of halogens is 3. The van der Waals surface area contributed by atoms with Crippen molar-refractivity contribution in [1.29, 1.82) is 0 Å². The van der Waals surface area contributed by atoms with Crippen molar-refractivity contribution in [3.8, 4) is 11.5 Å². The van der Waals surface area contributed by atoms with E-state index in [-0.39, 0.29) is 11.8 Å². The summed E-state index contributed by atoms with van der Waals surface area (Å²) in [5.41, 5.74) is 6.22. The van der Waals surface area contributed by atoms with Gasteiger partial charge in [0.1, 0.15) is 17.4 Å². The molecule has 0 aliphatic heterocycles. The summed E-state index contributed by atoms with van der Waals surface area (Å²) in [5, 5.41) is 0. The number of hydrogen-bond donors (Lipinski definition) is 1. The van der Waals surface area contributed by atoms with Gasteiger partial charge in [-0.05, 0) is 49.2 Å². The van der Waals surface area contributed by atoms with E-state index in [2.05, 4.69) is 0 Å². The second-order valence-electron chi connectivity index (χ2n) is 4.61. The van der Waals surface area contributed by atoms with E-state index in [1.54, 1.807) is 6.92 Å². The molecule has 0 bridgehead atoms. The van der Waals surface area contributed by atoms with Crippen molar-refractivity contribution in [3.05, 3.63) is 59.4 Å². The molecule has 0 heterocycles. The van der Waals surface area contributed by atoms with Crippen molar-refractivity contribution in [2.45, 2.75) is 19.4 Å². The average molecular weight is 281 g/mol. The van der Waals surface area contributed by atoms with Crippen molar-refractivity contribution in [3.63, 3.8) is 0 Å². The van der Waals surface area contributed by atoms with Crippen LogP contribution in [0.25, 0.3) is 0 Å². The van der Waals surface area contributed by atoms with E-state index in [9.17, 15) is 13.2 Å². The molecule has 106 valence electrons. The predicted molar refractivity (Wildman–Crippen MR) is 70.2 cm³/mol. The number of nitrogens with two attached hydrogens (primary N) is 1. The lowest BCUT2D eigenvalue weighted by Gasteiger charge is -2.13. The Hall–Kier alpha value is -2.01. The normalized spacial score (nSPS) is 12.2. The zero-order valence-corrected chi connectivity index (χ0v) is 10.9. The van der Waals surface area contributed by atoms with Crippen LogP contribution in [0, 0.1) is 17.5 Å². The molecule has 2 rings (SSSR count). The first-order valence-electron chi connectivity index (χ1n) is 6.12. The first-order chi connectivity index (χ1) is 9.45. The van der Waals surface area contributed by atoms with Gasteiger partial charge in [0.2, 0.25) is 0 Å². The maximum atomic E-state index is 13.5. The summed E-state index contributed by atoms with van der Waals surface area (Å²) in [4.78, 5) is 0. The van der Waals surface area contributed by atoms with Crippen molar-refractivity contribution in [2.75, 3.05) is 0 Å². The van der Waals surface area contributed by atoms with Gasteiger partial charge in [-0.3, -0.25) is 0 Å². The van der Waals surface area contributed by atoms with E-state index < -0.39 is 17.5 Å². The molecule has 0 aromatic heterocycles. The van der Waals surface area contributed by atoms with E-state index in [1.807, 2.05) is 0 Å². The first kappa shape index (κ1) is 14.4. The van der Waals surface area contributed by atoms with Crippen LogP contribution in [0.5, 0.6) is 11.5 Å². The van der Waals surface area contributed by atoms with Gasteiger partial charge in [0.15, 0.2) is 11.6 Å². The van der Waals surface area contributed by atoms with Gasteiger partial charge in [-0.2, -0.15) is 0 Å². The van der Waals surface area contributed by atoms with Crippen LogP contribution >= 0.6 is 0 Å². The quantitative estimate of drug-likeness (QED) is 0.925. The van der Waals surface area contributed by atoms with Gasteiger partial charge in [-0.25, -0.2) is 13.2 Å². The minimum atomic E-state index is -0.818. The van der Waals surface area contributed by atoms with Crippen LogP contribution in [0.15, 0.2) is 36.4 Å². The SMILES string of the molecule is CC(N)Cc1cc(F)ccc1Oc1ccc(F)cc1F. The molecule has 2 aromatic rings. The van der Waals surface area contributed by atoms with Crippen LogP contribution in [-0.4, -0.2) is 6.04 Å². The summed E-state index contributed by atoms with van der Waals surface area (Å²) in [6, 6.07) is 6.70. The molecule has 0 spiro atoms. The number of ether oxygens (including phenoxy) is 1. The number of hydrogen-bond acceptors (Lipinski definition) is 2. The lowest BCUT2D eigenvalue weighted by molar-refractivity contribution is 0.431. The second-order valence-corrected chi connectivity index (χ2v) is 4.61. The molecule has 2 N–H and O–H groups in total. The lowest BCUT2D eigenvalue weighted by Crippen LogP contribution is -2.18. The molecule has 0 saturated heterocycles. The van der Waals surface area contributed by atoms with Crippen molar-refractivity contribution < 1.29 is 17.9 Å². The van der Waals surface area contributed by atoms with E-state index in [1.165, 1.54) is 24.3 Å². The van der Waals surface area contributed by atoms with Crippen LogP contribution in [0.4, 0.5) is 13.2 Å². The molecule has 5 heteroatoms. The van der Waals surface area contributed by atoms with E-state index in [4.69, 9.17) is 10.5 Å². The van der Waals surface area contributed by atoms with Gasteiger partial charge in [-0.1, -0.05) is 0 Å². The molecular formula is C15H14F3NO. The maximum Gasteiger partial charge on any atom is 0.168 e. The third kappa shape index (κ3) is 3.51. The van der Waals surface area contributed by atoms with Crippen molar-refractivity contribution >= 4 is 0 Å². The molecule has 2 nitrogen and oxygen atoms in total. The first-order valence-corrected chi connectivity index (χ1v) is 6.12. The summed E-state index contributed by atoms with van der Waals surface area (Å²) >= 11 is 0. The largest absolute Gasteiger partial charge is 0.454 e. The fraction of sp³-hybridized carbons (Fsp3) is 0.200. The van der Waals surface area contributed by atoms with Crippen LogP contribution in [-0.2, 0) is 6.42 Å². The Labute approximate surface area is 115 Å². The van der Waals surface area contributed by atoms with Gasteiger partial charge in [-0.15, -0.1) is 0 Å². The Bertz CT molecular complexity index is 614. The average Bonchev–Trinajstić information content (AvgIpc) is 2.34. The number of benzene rings is 2. The topological polar surface area (TPSA) is 35.2 Å². The van der Waals surface area contributed by atoms with Gasteiger partial charge >= 0.3 is 0 Å². The summed E-state index contributed by atoms with van der Waals surface area (Å²) in [5.74, 6) is -1.75. The Balaban J connectivity index is 2.32. The standard InChI is InChI=1S/C15H14F3NO/c1-9(19)6-10-7-11(16)2-4-14(10)20-15-5-3-12(17)8-13(15)18/h2-5,7-9H,6,19H2,1H3. The van der Waals surface area contributed by atoms with E-state index >= 15 is 0 Å². The van der Waals surface area contributed by atoms with Gasteiger partial charge < -0.3 is 10.5 Å². The Morgan fingerprint density at radius 1 is 1.00 bits per heavy atom. The minimum Gasteiger partial charge on any atom is -0.454 e. The highest BCUT2D eigenvalue weighted by Gasteiger charge is 2.11. The monoisotopic (exact) mass is 281 g/mol. The van der Waals surface area contributed by atoms with Crippen LogP contribution in [0.2, 0.25) is 0 Å². The lowest BCUT2D eigenvalue weighted by atomic mass is 10.1. The molecule has 0 amide bonds. The Kier molecular flexibility index (Phi) is 4.29. The summed E-state index contributed by atoms with van der Waals surface area (Å²) in [7, 11) is 0. The summed E-state index contributed by atoms with van der Waals surface area (Å²) < 4.78 is 45.0. The fourth-order valence-corrected chi connectivity index (χ4v) is 1.83. The number of rotatable bonds is 4. The smallest absolute Gasteiger partial charge is 0.168 e. The third-order valence-electron chi connectivity index (χ3n) is 2.68. The Morgan fingerprint density at radius 3 is 2.20 bits per heavy atom. The molecule has 1 atom stereocenters. The third-order valence-corrected chi connectivity index (χ3v) is 2.68. The van der Waals surface area contributed by atoms with E-state index in [0.717, 1.165) is 12.1 Å². The molecular weight excluding hydrogens is 267 g/mol. The minimum absolute atomic E-state index is 0.121. The molecule has 2 aromatic carbocycles. The zero-order chi connectivity index (χ0) is 14.7. The highest BCUT2D eigenvalue weighted by molar-refractivity contribution is 5.39. The van der Waals surface area contributed by atoms with Crippen molar-refractivity contribution in [2.24, 2.45) is 5.73 Å². The van der Waals surface area contributed by atoms with E-state index in [0.29, 0.717) is 17.7 Å². The van der Waals surface area contributed by atoms with Gasteiger partial charge in [0.25, 0.3) is 0 Å². The van der Waals surface area contributed by atoms with Crippen LogP contribution in [0.3, 0.4) is 0 Å². The molecule has 0 saturated carbocycles. The fourth-order valence-electron chi connectivity index (χ4n) is 1.83. The maximum absolute atomic E-state index is 13.5. The summed E-state index contributed by atoms with van der Waals surface area (Å²) in [6.07, 6.45) is 0.385. The molecule has 0 aliphatic rings. The Morgan fingerprint density at radius 2 is 1.60 bits per heavy atom. The molecule has 0 fully saturated rings. The van der Waals surface area contributed by atoms with Crippen LogP contribution < -0.4 is 10.5 Å². The van der Waals surface area contributed by atoms with Gasteiger partial charge in [0.05, 0.1) is 0 Å². The molecule has 20 heavy (non-hydrogen) atoms. The highest BCUT2D eigenvalue weighted by Crippen LogP contribution is 2.29. The van der Waals surface area contributed by atoms with Crippen molar-refractivity contribution in [1.82, 2.24) is 0 Å². The van der Waals surface area contributed by atoms with Gasteiger partial charge in [0, 0.05) is 12.1 Å². The predicted octanol–water partition coefficient (Wildman–Crippen LogP) is 3.79. The molecule has 0 aliphatic carbocycles. The molecule has 0 radical (unpaired) electrons. The second kappa shape index (κ2) is 5.96. The highest BCUT2D eigenvalue weighted by atomic mass is 19.1.